The molecule has 1 heterocycles. The SMILES string of the molecule is CCc1ccc(C(=O)NCCn2nc(C(F)(F)F)c3c2CCCC3)cc1. The van der Waals surface area contributed by atoms with Crippen molar-refractivity contribution in [3.05, 3.63) is 52.3 Å². The molecule has 140 valence electrons. The number of benzene rings is 1. The van der Waals surface area contributed by atoms with E-state index in [4.69, 9.17) is 0 Å². The van der Waals surface area contributed by atoms with Crippen LogP contribution in [-0.2, 0) is 32.0 Å². The summed E-state index contributed by atoms with van der Waals surface area (Å²) in [5.74, 6) is -0.232. The monoisotopic (exact) mass is 365 g/mol. The number of amides is 1. The summed E-state index contributed by atoms with van der Waals surface area (Å²) >= 11 is 0. The standard InChI is InChI=1S/C19H22F3N3O/c1-2-13-7-9-14(10-8-13)18(26)23-11-12-25-16-6-4-3-5-15(16)17(24-25)19(20,21)22/h7-10H,2-6,11-12H2,1H3,(H,23,26). The quantitative estimate of drug-likeness (QED) is 0.877. The van der Waals surface area contributed by atoms with Gasteiger partial charge in [0.15, 0.2) is 5.69 Å². The van der Waals surface area contributed by atoms with Crippen molar-refractivity contribution >= 4 is 5.91 Å². The van der Waals surface area contributed by atoms with Crippen LogP contribution in [0.5, 0.6) is 0 Å². The fraction of sp³-hybridized carbons (Fsp3) is 0.474. The van der Waals surface area contributed by atoms with Crippen molar-refractivity contribution in [2.24, 2.45) is 0 Å². The second-order valence-corrected chi connectivity index (χ2v) is 6.51. The molecule has 0 atom stereocenters. The number of nitrogens with zero attached hydrogens (tertiary/aromatic N) is 2. The Hall–Kier alpha value is -2.31. The topological polar surface area (TPSA) is 46.9 Å². The maximum Gasteiger partial charge on any atom is 0.435 e. The number of hydrogen-bond donors (Lipinski definition) is 1. The molecule has 4 nitrogen and oxygen atoms in total. The van der Waals surface area contributed by atoms with E-state index in [1.807, 2.05) is 19.1 Å². The molecule has 2 aromatic rings. The van der Waals surface area contributed by atoms with Gasteiger partial charge in [0.25, 0.3) is 5.91 Å². The number of nitrogens with one attached hydrogen (secondary N) is 1. The van der Waals surface area contributed by atoms with E-state index in [0.717, 1.165) is 24.8 Å². The van der Waals surface area contributed by atoms with Gasteiger partial charge in [0, 0.05) is 23.4 Å². The van der Waals surface area contributed by atoms with Crippen LogP contribution in [-0.4, -0.2) is 22.2 Å². The summed E-state index contributed by atoms with van der Waals surface area (Å²) in [5, 5.41) is 6.55. The van der Waals surface area contributed by atoms with E-state index in [9.17, 15) is 18.0 Å². The fourth-order valence-corrected chi connectivity index (χ4v) is 3.35. The van der Waals surface area contributed by atoms with Crippen LogP contribution in [0.3, 0.4) is 0 Å². The number of carbonyl (C=O) groups is 1. The molecule has 1 N–H and O–H groups in total. The number of aromatic nitrogens is 2. The van der Waals surface area contributed by atoms with Gasteiger partial charge in [0.1, 0.15) is 0 Å². The Kier molecular flexibility index (Phi) is 5.34. The Morgan fingerprint density at radius 3 is 2.54 bits per heavy atom. The highest BCUT2D eigenvalue weighted by Gasteiger charge is 2.39. The van der Waals surface area contributed by atoms with Gasteiger partial charge < -0.3 is 5.32 Å². The van der Waals surface area contributed by atoms with E-state index in [1.165, 1.54) is 4.68 Å². The first-order chi connectivity index (χ1) is 12.4. The minimum Gasteiger partial charge on any atom is -0.350 e. The molecule has 7 heteroatoms. The second-order valence-electron chi connectivity index (χ2n) is 6.51. The fourth-order valence-electron chi connectivity index (χ4n) is 3.35. The van der Waals surface area contributed by atoms with Gasteiger partial charge in [-0.2, -0.15) is 18.3 Å². The Morgan fingerprint density at radius 2 is 1.88 bits per heavy atom. The van der Waals surface area contributed by atoms with E-state index in [-0.39, 0.29) is 19.0 Å². The lowest BCUT2D eigenvalue weighted by Crippen LogP contribution is -2.28. The first-order valence-corrected chi connectivity index (χ1v) is 8.93. The molecule has 0 bridgehead atoms. The average molecular weight is 365 g/mol. The molecular weight excluding hydrogens is 343 g/mol. The summed E-state index contributed by atoms with van der Waals surface area (Å²) in [4.78, 5) is 12.2. The molecule has 0 fully saturated rings. The van der Waals surface area contributed by atoms with Crippen LogP contribution in [0.4, 0.5) is 13.2 Å². The summed E-state index contributed by atoms with van der Waals surface area (Å²) < 4.78 is 40.9. The molecule has 1 aromatic heterocycles. The summed E-state index contributed by atoms with van der Waals surface area (Å²) in [6, 6.07) is 7.31. The summed E-state index contributed by atoms with van der Waals surface area (Å²) in [7, 11) is 0. The molecule has 26 heavy (non-hydrogen) atoms. The van der Waals surface area contributed by atoms with E-state index in [2.05, 4.69) is 10.4 Å². The third kappa shape index (κ3) is 3.92. The molecule has 0 aliphatic heterocycles. The van der Waals surface area contributed by atoms with Gasteiger partial charge in [-0.3, -0.25) is 9.48 Å². The molecule has 1 aromatic carbocycles. The Bertz CT molecular complexity index is 779. The molecule has 0 spiro atoms. The number of hydrogen-bond acceptors (Lipinski definition) is 2. The smallest absolute Gasteiger partial charge is 0.350 e. The Labute approximate surface area is 150 Å². The van der Waals surface area contributed by atoms with Crippen LogP contribution in [0.15, 0.2) is 24.3 Å². The van der Waals surface area contributed by atoms with Crippen molar-refractivity contribution in [3.8, 4) is 0 Å². The van der Waals surface area contributed by atoms with Crippen molar-refractivity contribution in [1.29, 1.82) is 0 Å². The Balaban J connectivity index is 1.66. The zero-order valence-corrected chi connectivity index (χ0v) is 14.7. The average Bonchev–Trinajstić information content (AvgIpc) is 3.01. The lowest BCUT2D eigenvalue weighted by Gasteiger charge is -2.15. The van der Waals surface area contributed by atoms with Crippen molar-refractivity contribution in [3.63, 3.8) is 0 Å². The van der Waals surface area contributed by atoms with Crippen molar-refractivity contribution in [1.82, 2.24) is 15.1 Å². The number of fused-ring (bicyclic) bond motifs is 1. The molecule has 0 unspecified atom stereocenters. The van der Waals surface area contributed by atoms with Gasteiger partial charge in [-0.05, 0) is 49.8 Å². The van der Waals surface area contributed by atoms with Crippen LogP contribution >= 0.6 is 0 Å². The van der Waals surface area contributed by atoms with Gasteiger partial charge in [-0.1, -0.05) is 19.1 Å². The minimum atomic E-state index is -4.43. The van der Waals surface area contributed by atoms with E-state index in [1.54, 1.807) is 12.1 Å². The van der Waals surface area contributed by atoms with Crippen molar-refractivity contribution in [2.75, 3.05) is 6.54 Å². The highest BCUT2D eigenvalue weighted by molar-refractivity contribution is 5.94. The van der Waals surface area contributed by atoms with Crippen LogP contribution < -0.4 is 5.32 Å². The summed E-state index contributed by atoms with van der Waals surface area (Å²) in [6.07, 6.45) is -0.895. The van der Waals surface area contributed by atoms with Gasteiger partial charge in [0.2, 0.25) is 0 Å². The first kappa shape index (κ1) is 18.5. The molecule has 0 saturated carbocycles. The van der Waals surface area contributed by atoms with Gasteiger partial charge in [-0.25, -0.2) is 0 Å². The van der Waals surface area contributed by atoms with Gasteiger partial charge >= 0.3 is 6.18 Å². The van der Waals surface area contributed by atoms with E-state index >= 15 is 0 Å². The molecule has 3 rings (SSSR count). The third-order valence-electron chi connectivity index (χ3n) is 4.76. The number of halogens is 3. The zero-order chi connectivity index (χ0) is 18.7. The van der Waals surface area contributed by atoms with E-state index < -0.39 is 11.9 Å². The highest BCUT2D eigenvalue weighted by atomic mass is 19.4. The molecule has 1 aliphatic carbocycles. The van der Waals surface area contributed by atoms with Crippen molar-refractivity contribution in [2.45, 2.75) is 51.7 Å². The largest absolute Gasteiger partial charge is 0.435 e. The molecule has 0 radical (unpaired) electrons. The van der Waals surface area contributed by atoms with Gasteiger partial charge in [0.05, 0.1) is 6.54 Å². The summed E-state index contributed by atoms with van der Waals surface area (Å²) in [6.45, 7) is 2.51. The summed E-state index contributed by atoms with van der Waals surface area (Å²) in [5.41, 5.74) is 1.90. The molecule has 1 aliphatic rings. The predicted octanol–water partition coefficient (Wildman–Crippen LogP) is 3.77. The van der Waals surface area contributed by atoms with Crippen LogP contribution in [0.2, 0.25) is 0 Å². The first-order valence-electron chi connectivity index (χ1n) is 8.93. The lowest BCUT2D eigenvalue weighted by atomic mass is 9.95. The number of aryl methyl sites for hydroxylation is 1. The zero-order valence-electron chi connectivity index (χ0n) is 14.7. The van der Waals surface area contributed by atoms with Gasteiger partial charge in [-0.15, -0.1) is 0 Å². The minimum absolute atomic E-state index is 0.232. The molecule has 1 amide bonds. The molecular formula is C19H22F3N3O. The number of rotatable bonds is 5. The van der Waals surface area contributed by atoms with E-state index in [0.29, 0.717) is 29.7 Å². The molecule has 0 saturated heterocycles. The van der Waals surface area contributed by atoms with Crippen molar-refractivity contribution < 1.29 is 18.0 Å². The van der Waals surface area contributed by atoms with Crippen LogP contribution in [0.1, 0.15) is 52.6 Å². The lowest BCUT2D eigenvalue weighted by molar-refractivity contribution is -0.142. The number of carbonyl (C=O) groups excluding carboxylic acids is 1. The maximum atomic E-state index is 13.2. The van der Waals surface area contributed by atoms with Crippen LogP contribution in [0, 0.1) is 0 Å². The van der Waals surface area contributed by atoms with Crippen LogP contribution in [0.25, 0.3) is 0 Å². The second kappa shape index (κ2) is 7.51. The normalized spacial score (nSPS) is 14.2. The third-order valence-corrected chi connectivity index (χ3v) is 4.76. The number of alkyl halides is 3. The Morgan fingerprint density at radius 1 is 1.19 bits per heavy atom. The maximum absolute atomic E-state index is 13.2. The predicted molar refractivity (Wildman–Crippen MR) is 92.0 cm³/mol. The highest BCUT2D eigenvalue weighted by Crippen LogP contribution is 2.35.